The number of piperidine rings is 3. The summed E-state index contributed by atoms with van der Waals surface area (Å²) in [5.74, 6) is 1.51. The van der Waals surface area contributed by atoms with Crippen molar-refractivity contribution < 1.29 is 8.42 Å². The highest BCUT2D eigenvalue weighted by Gasteiger charge is 2.37. The van der Waals surface area contributed by atoms with Crippen molar-refractivity contribution in [3.63, 3.8) is 0 Å². The number of nitrogens with zero attached hydrogens (tertiary/aromatic N) is 3. The third kappa shape index (κ3) is 4.96. The molecule has 3 aliphatic rings. The van der Waals surface area contributed by atoms with Crippen molar-refractivity contribution in [2.75, 3.05) is 39.3 Å². The summed E-state index contributed by atoms with van der Waals surface area (Å²) >= 11 is 0. The zero-order chi connectivity index (χ0) is 17.9. The minimum absolute atomic E-state index is 0.206. The molecule has 3 rings (SSSR count). The Morgan fingerprint density at radius 3 is 2.04 bits per heavy atom. The van der Waals surface area contributed by atoms with Gasteiger partial charge in [-0.25, -0.2) is 0 Å². The lowest BCUT2D eigenvalue weighted by Gasteiger charge is -2.40. The molecule has 0 aromatic heterocycles. The van der Waals surface area contributed by atoms with Gasteiger partial charge in [0.2, 0.25) is 0 Å². The lowest BCUT2D eigenvalue weighted by molar-refractivity contribution is 0.156. The molecule has 0 radical (unpaired) electrons. The second-order valence-corrected chi connectivity index (χ2v) is 10.5. The van der Waals surface area contributed by atoms with Crippen LogP contribution >= 0.6 is 0 Å². The first kappa shape index (κ1) is 19.6. The molecule has 3 fully saturated rings. The minimum atomic E-state index is -3.27. The van der Waals surface area contributed by atoms with Gasteiger partial charge in [0.05, 0.1) is 0 Å². The third-order valence-corrected chi connectivity index (χ3v) is 8.68. The Bertz CT molecular complexity index is 509. The second-order valence-electron chi connectivity index (χ2n) is 8.66. The first-order valence-corrected chi connectivity index (χ1v) is 11.9. The van der Waals surface area contributed by atoms with Crippen LogP contribution < -0.4 is 0 Å². The lowest BCUT2D eigenvalue weighted by atomic mass is 9.98. The van der Waals surface area contributed by atoms with Gasteiger partial charge in [0.25, 0.3) is 10.2 Å². The van der Waals surface area contributed by atoms with Gasteiger partial charge < -0.3 is 4.90 Å². The van der Waals surface area contributed by atoms with E-state index in [1.165, 1.54) is 32.4 Å². The molecular formula is C19H37N3O2S. The molecule has 3 saturated heterocycles. The van der Waals surface area contributed by atoms with Crippen LogP contribution in [0.3, 0.4) is 0 Å². The number of hydrogen-bond acceptors (Lipinski definition) is 3. The molecule has 0 aliphatic carbocycles. The lowest BCUT2D eigenvalue weighted by Crippen LogP contribution is -2.53. The Kier molecular flexibility index (Phi) is 6.80. The Balaban J connectivity index is 1.58. The van der Waals surface area contributed by atoms with Crippen molar-refractivity contribution in [2.45, 2.75) is 71.3 Å². The van der Waals surface area contributed by atoms with Gasteiger partial charge in [0.1, 0.15) is 0 Å². The van der Waals surface area contributed by atoms with Crippen LogP contribution in [0.4, 0.5) is 0 Å². The smallest absolute Gasteiger partial charge is 0.282 e. The Hall–Kier alpha value is -0.170. The van der Waals surface area contributed by atoms with E-state index in [4.69, 9.17) is 0 Å². The summed E-state index contributed by atoms with van der Waals surface area (Å²) in [4.78, 5) is 2.54. The van der Waals surface area contributed by atoms with Crippen molar-refractivity contribution in [2.24, 2.45) is 11.8 Å². The van der Waals surface area contributed by atoms with Gasteiger partial charge in [0.15, 0.2) is 0 Å². The summed E-state index contributed by atoms with van der Waals surface area (Å²) in [5, 5.41) is 0. The first-order valence-electron chi connectivity index (χ1n) is 10.5. The minimum Gasteiger partial charge on any atom is -0.303 e. The van der Waals surface area contributed by atoms with E-state index in [0.29, 0.717) is 19.0 Å². The SMILES string of the molecule is CC1CCN(CC[C@H]2CCCCN2S(=O)(=O)N2CCC(C)CC2)CC1. The van der Waals surface area contributed by atoms with Gasteiger partial charge in [-0.05, 0) is 76.4 Å². The predicted octanol–water partition coefficient (Wildman–Crippen LogP) is 2.94. The van der Waals surface area contributed by atoms with E-state index in [1.807, 2.05) is 4.31 Å². The molecule has 0 amide bonds. The van der Waals surface area contributed by atoms with E-state index in [-0.39, 0.29) is 6.04 Å². The average molecular weight is 372 g/mol. The van der Waals surface area contributed by atoms with Crippen molar-refractivity contribution >= 4 is 10.2 Å². The maximum atomic E-state index is 13.2. The molecule has 0 spiro atoms. The fraction of sp³-hybridized carbons (Fsp3) is 1.00. The van der Waals surface area contributed by atoms with E-state index in [2.05, 4.69) is 18.7 Å². The summed E-state index contributed by atoms with van der Waals surface area (Å²) in [6.45, 7) is 10.1. The molecule has 0 aromatic carbocycles. The zero-order valence-electron chi connectivity index (χ0n) is 16.2. The molecule has 3 aliphatic heterocycles. The molecule has 25 heavy (non-hydrogen) atoms. The predicted molar refractivity (Wildman–Crippen MR) is 103 cm³/mol. The summed E-state index contributed by atoms with van der Waals surface area (Å²) in [6.07, 6.45) is 8.81. The Labute approximate surface area is 154 Å². The maximum Gasteiger partial charge on any atom is 0.282 e. The molecular weight excluding hydrogens is 334 g/mol. The molecule has 0 unspecified atom stereocenters. The van der Waals surface area contributed by atoms with E-state index in [9.17, 15) is 8.42 Å². The van der Waals surface area contributed by atoms with Crippen LogP contribution in [0, 0.1) is 11.8 Å². The first-order chi connectivity index (χ1) is 12.0. The zero-order valence-corrected chi connectivity index (χ0v) is 17.0. The van der Waals surface area contributed by atoms with Crippen molar-refractivity contribution in [1.82, 2.24) is 13.5 Å². The maximum absolute atomic E-state index is 13.2. The molecule has 146 valence electrons. The summed E-state index contributed by atoms with van der Waals surface area (Å²) in [5.41, 5.74) is 0. The molecule has 5 nitrogen and oxygen atoms in total. The summed E-state index contributed by atoms with van der Waals surface area (Å²) in [6, 6.07) is 0.206. The van der Waals surface area contributed by atoms with E-state index >= 15 is 0 Å². The average Bonchev–Trinajstić information content (AvgIpc) is 2.62. The molecule has 0 saturated carbocycles. The van der Waals surface area contributed by atoms with E-state index in [0.717, 1.165) is 51.1 Å². The van der Waals surface area contributed by atoms with E-state index < -0.39 is 10.2 Å². The van der Waals surface area contributed by atoms with Crippen LogP contribution in [0.2, 0.25) is 0 Å². The highest BCUT2D eigenvalue weighted by atomic mass is 32.2. The molecule has 0 bridgehead atoms. The van der Waals surface area contributed by atoms with Crippen molar-refractivity contribution in [3.05, 3.63) is 0 Å². The standard InChI is InChI=1S/C19H37N3O2S/c1-17-6-12-20(13-7-17)14-10-19-5-3-4-11-22(19)25(23,24)21-15-8-18(2)9-16-21/h17-19H,3-16H2,1-2H3/t19-/m1/s1. The molecule has 0 aromatic rings. The second kappa shape index (κ2) is 8.68. The van der Waals surface area contributed by atoms with Crippen molar-refractivity contribution in [1.29, 1.82) is 0 Å². The normalized spacial score (nSPS) is 29.9. The van der Waals surface area contributed by atoms with Crippen LogP contribution in [0.15, 0.2) is 0 Å². The van der Waals surface area contributed by atoms with Crippen LogP contribution in [0.1, 0.15) is 65.2 Å². The topological polar surface area (TPSA) is 43.9 Å². The molecule has 3 heterocycles. The molecule has 0 N–H and O–H groups in total. The van der Waals surface area contributed by atoms with Crippen LogP contribution in [-0.2, 0) is 10.2 Å². The fourth-order valence-electron chi connectivity index (χ4n) is 4.55. The monoisotopic (exact) mass is 371 g/mol. The largest absolute Gasteiger partial charge is 0.303 e. The Morgan fingerprint density at radius 2 is 1.40 bits per heavy atom. The van der Waals surface area contributed by atoms with Gasteiger partial charge in [-0.15, -0.1) is 0 Å². The van der Waals surface area contributed by atoms with Gasteiger partial charge >= 0.3 is 0 Å². The number of rotatable bonds is 5. The molecule has 1 atom stereocenters. The Morgan fingerprint density at radius 1 is 0.800 bits per heavy atom. The number of hydrogen-bond donors (Lipinski definition) is 0. The fourth-order valence-corrected chi connectivity index (χ4v) is 6.46. The van der Waals surface area contributed by atoms with Crippen LogP contribution in [0.25, 0.3) is 0 Å². The van der Waals surface area contributed by atoms with Gasteiger partial charge in [-0.1, -0.05) is 20.3 Å². The highest BCUT2D eigenvalue weighted by Crippen LogP contribution is 2.28. The van der Waals surface area contributed by atoms with Gasteiger partial charge in [-0.2, -0.15) is 17.0 Å². The van der Waals surface area contributed by atoms with Gasteiger partial charge in [0, 0.05) is 25.7 Å². The van der Waals surface area contributed by atoms with Crippen LogP contribution in [0.5, 0.6) is 0 Å². The number of likely N-dealkylation sites (tertiary alicyclic amines) is 1. The quantitative estimate of drug-likeness (QED) is 0.746. The van der Waals surface area contributed by atoms with E-state index in [1.54, 1.807) is 4.31 Å². The summed E-state index contributed by atoms with van der Waals surface area (Å²) in [7, 11) is -3.27. The highest BCUT2D eigenvalue weighted by molar-refractivity contribution is 7.86. The van der Waals surface area contributed by atoms with Crippen LogP contribution in [-0.4, -0.2) is 67.2 Å². The summed E-state index contributed by atoms with van der Waals surface area (Å²) < 4.78 is 30.0. The third-order valence-electron chi connectivity index (χ3n) is 6.59. The molecule has 6 heteroatoms. The van der Waals surface area contributed by atoms with Gasteiger partial charge in [-0.3, -0.25) is 0 Å². The van der Waals surface area contributed by atoms with Crippen molar-refractivity contribution in [3.8, 4) is 0 Å².